The number of H-pyrrole nitrogens is 1. The van der Waals surface area contributed by atoms with Crippen LogP contribution in [0.25, 0.3) is 10.9 Å². The molecule has 3 aromatic rings. The number of aromatic nitrogens is 1. The third-order valence-corrected chi connectivity index (χ3v) is 4.90. The van der Waals surface area contributed by atoms with Crippen LogP contribution < -0.4 is 10.1 Å². The fourth-order valence-electron chi connectivity index (χ4n) is 3.67. The monoisotopic (exact) mass is 306 g/mol. The number of fused-ring (bicyclic) bond motifs is 3. The van der Waals surface area contributed by atoms with Crippen LogP contribution in [0.5, 0.6) is 5.75 Å². The molecule has 0 bridgehead atoms. The first-order chi connectivity index (χ1) is 11.2. The number of aryl methyl sites for hydroxylation is 2. The van der Waals surface area contributed by atoms with Crippen LogP contribution in [0.2, 0.25) is 0 Å². The predicted octanol–water partition coefficient (Wildman–Crippen LogP) is 4.03. The second-order valence-corrected chi connectivity index (χ2v) is 6.43. The van der Waals surface area contributed by atoms with E-state index in [2.05, 4.69) is 54.5 Å². The Morgan fingerprint density at radius 3 is 2.78 bits per heavy atom. The first kappa shape index (κ1) is 14.3. The molecule has 0 fully saturated rings. The van der Waals surface area contributed by atoms with Crippen LogP contribution in [0.1, 0.15) is 34.0 Å². The van der Waals surface area contributed by atoms with Crippen molar-refractivity contribution in [3.63, 3.8) is 0 Å². The Morgan fingerprint density at radius 1 is 1.09 bits per heavy atom. The van der Waals surface area contributed by atoms with Gasteiger partial charge in [0.1, 0.15) is 5.75 Å². The van der Waals surface area contributed by atoms with Crippen LogP contribution in [0.4, 0.5) is 0 Å². The lowest BCUT2D eigenvalue weighted by Gasteiger charge is -2.26. The van der Waals surface area contributed by atoms with E-state index in [1.807, 2.05) is 6.07 Å². The summed E-state index contributed by atoms with van der Waals surface area (Å²) in [5.74, 6) is 0.918. The van der Waals surface area contributed by atoms with Crippen LogP contribution in [0, 0.1) is 13.8 Å². The first-order valence-corrected chi connectivity index (χ1v) is 8.16. The summed E-state index contributed by atoms with van der Waals surface area (Å²) in [5, 5.41) is 4.97. The van der Waals surface area contributed by atoms with E-state index in [1.165, 1.54) is 38.9 Å². The second-order valence-electron chi connectivity index (χ2n) is 6.43. The molecule has 118 valence electrons. The molecule has 0 saturated carbocycles. The van der Waals surface area contributed by atoms with Gasteiger partial charge in [0, 0.05) is 23.1 Å². The molecule has 2 heterocycles. The fourth-order valence-corrected chi connectivity index (χ4v) is 3.67. The van der Waals surface area contributed by atoms with Gasteiger partial charge in [-0.25, -0.2) is 0 Å². The Labute approximate surface area is 136 Å². The van der Waals surface area contributed by atoms with Crippen molar-refractivity contribution < 1.29 is 4.74 Å². The highest BCUT2D eigenvalue weighted by Gasteiger charge is 2.26. The summed E-state index contributed by atoms with van der Waals surface area (Å²) in [4.78, 5) is 3.64. The maximum atomic E-state index is 5.40. The van der Waals surface area contributed by atoms with Gasteiger partial charge in [0.25, 0.3) is 0 Å². The molecule has 0 aliphatic carbocycles. The SMILES string of the molecule is COc1ccc2[nH]c3c(c2c1)CCNC3c1cc(C)ccc1C. The Bertz CT molecular complexity index is 879. The topological polar surface area (TPSA) is 37.0 Å². The first-order valence-electron chi connectivity index (χ1n) is 8.16. The molecule has 0 amide bonds. The number of rotatable bonds is 2. The second kappa shape index (κ2) is 5.43. The van der Waals surface area contributed by atoms with E-state index < -0.39 is 0 Å². The van der Waals surface area contributed by atoms with Crippen molar-refractivity contribution in [2.24, 2.45) is 0 Å². The molecule has 1 aromatic heterocycles. The van der Waals surface area contributed by atoms with E-state index in [1.54, 1.807) is 7.11 Å². The molecule has 0 radical (unpaired) electrons. The molecule has 1 aliphatic heterocycles. The highest BCUT2D eigenvalue weighted by atomic mass is 16.5. The fraction of sp³-hybridized carbons (Fsp3) is 0.300. The van der Waals surface area contributed by atoms with Gasteiger partial charge in [-0.1, -0.05) is 23.8 Å². The van der Waals surface area contributed by atoms with Crippen LogP contribution in [0.15, 0.2) is 36.4 Å². The number of methoxy groups -OCH3 is 1. The summed E-state index contributed by atoms with van der Waals surface area (Å²) >= 11 is 0. The van der Waals surface area contributed by atoms with Crippen LogP contribution in [-0.4, -0.2) is 18.6 Å². The lowest BCUT2D eigenvalue weighted by molar-refractivity contribution is 0.415. The van der Waals surface area contributed by atoms with Crippen LogP contribution in [-0.2, 0) is 6.42 Å². The van der Waals surface area contributed by atoms with Crippen molar-refractivity contribution >= 4 is 10.9 Å². The van der Waals surface area contributed by atoms with Gasteiger partial charge in [-0.05, 0) is 55.2 Å². The largest absolute Gasteiger partial charge is 0.497 e. The summed E-state index contributed by atoms with van der Waals surface area (Å²) in [5.41, 5.74) is 7.91. The van der Waals surface area contributed by atoms with Gasteiger partial charge in [-0.3, -0.25) is 0 Å². The van der Waals surface area contributed by atoms with Gasteiger partial charge < -0.3 is 15.0 Å². The number of benzene rings is 2. The minimum Gasteiger partial charge on any atom is -0.497 e. The number of hydrogen-bond acceptors (Lipinski definition) is 2. The van der Waals surface area contributed by atoms with Gasteiger partial charge in [0.15, 0.2) is 0 Å². The molecule has 1 aliphatic rings. The zero-order valence-electron chi connectivity index (χ0n) is 13.9. The molecule has 1 atom stereocenters. The van der Waals surface area contributed by atoms with Crippen molar-refractivity contribution in [2.75, 3.05) is 13.7 Å². The van der Waals surface area contributed by atoms with Crippen LogP contribution in [0.3, 0.4) is 0 Å². The Morgan fingerprint density at radius 2 is 1.96 bits per heavy atom. The zero-order chi connectivity index (χ0) is 16.0. The molecular weight excluding hydrogens is 284 g/mol. The molecule has 0 spiro atoms. The number of aromatic amines is 1. The van der Waals surface area contributed by atoms with E-state index in [0.717, 1.165) is 18.7 Å². The standard InChI is InChI=1S/C20H22N2O/c1-12-4-5-13(2)16(10-12)19-20-15(8-9-21-19)17-11-14(23-3)6-7-18(17)22-20/h4-7,10-11,19,21-22H,8-9H2,1-3H3. The molecule has 3 heteroatoms. The summed E-state index contributed by atoms with van der Waals surface area (Å²) in [6.45, 7) is 5.34. The predicted molar refractivity (Wildman–Crippen MR) is 94.3 cm³/mol. The van der Waals surface area contributed by atoms with E-state index >= 15 is 0 Å². The molecule has 2 aromatic carbocycles. The molecule has 1 unspecified atom stereocenters. The third kappa shape index (κ3) is 2.32. The van der Waals surface area contributed by atoms with Gasteiger partial charge in [0.05, 0.1) is 13.2 Å². The van der Waals surface area contributed by atoms with Gasteiger partial charge in [0.2, 0.25) is 0 Å². The van der Waals surface area contributed by atoms with Crippen LogP contribution >= 0.6 is 0 Å². The molecule has 0 saturated heterocycles. The average Bonchev–Trinajstić information content (AvgIpc) is 2.95. The minimum atomic E-state index is 0.233. The van der Waals surface area contributed by atoms with Gasteiger partial charge in [-0.15, -0.1) is 0 Å². The zero-order valence-corrected chi connectivity index (χ0v) is 13.9. The summed E-state index contributed by atoms with van der Waals surface area (Å²) in [7, 11) is 1.72. The van der Waals surface area contributed by atoms with Gasteiger partial charge >= 0.3 is 0 Å². The number of hydrogen-bond donors (Lipinski definition) is 2. The quantitative estimate of drug-likeness (QED) is 0.750. The number of ether oxygens (including phenoxy) is 1. The summed E-state index contributed by atoms with van der Waals surface area (Å²) < 4.78 is 5.40. The highest BCUT2D eigenvalue weighted by Crippen LogP contribution is 2.36. The lowest BCUT2D eigenvalue weighted by atomic mass is 9.91. The Hall–Kier alpha value is -2.26. The van der Waals surface area contributed by atoms with E-state index in [-0.39, 0.29) is 6.04 Å². The maximum absolute atomic E-state index is 5.40. The summed E-state index contributed by atoms with van der Waals surface area (Å²) in [6.07, 6.45) is 1.05. The molecule has 2 N–H and O–H groups in total. The van der Waals surface area contributed by atoms with E-state index in [9.17, 15) is 0 Å². The van der Waals surface area contributed by atoms with Crippen molar-refractivity contribution in [1.29, 1.82) is 0 Å². The normalized spacial score (nSPS) is 17.3. The lowest BCUT2D eigenvalue weighted by Crippen LogP contribution is -2.31. The van der Waals surface area contributed by atoms with Crippen molar-refractivity contribution in [1.82, 2.24) is 10.3 Å². The minimum absolute atomic E-state index is 0.233. The van der Waals surface area contributed by atoms with E-state index in [4.69, 9.17) is 4.74 Å². The summed E-state index contributed by atoms with van der Waals surface area (Å²) in [6, 6.07) is 13.2. The number of nitrogens with one attached hydrogen (secondary N) is 2. The van der Waals surface area contributed by atoms with Crippen molar-refractivity contribution in [2.45, 2.75) is 26.3 Å². The smallest absolute Gasteiger partial charge is 0.119 e. The highest BCUT2D eigenvalue weighted by molar-refractivity contribution is 5.86. The molecule has 23 heavy (non-hydrogen) atoms. The average molecular weight is 306 g/mol. The molecule has 3 nitrogen and oxygen atoms in total. The molecular formula is C20H22N2O. The molecule has 4 rings (SSSR count). The third-order valence-electron chi connectivity index (χ3n) is 4.90. The van der Waals surface area contributed by atoms with Gasteiger partial charge in [-0.2, -0.15) is 0 Å². The Balaban J connectivity index is 1.90. The van der Waals surface area contributed by atoms with Crippen molar-refractivity contribution in [3.05, 3.63) is 64.3 Å². The van der Waals surface area contributed by atoms with E-state index in [0.29, 0.717) is 0 Å². The van der Waals surface area contributed by atoms with Crippen molar-refractivity contribution in [3.8, 4) is 5.75 Å². The maximum Gasteiger partial charge on any atom is 0.119 e. The Kier molecular flexibility index (Phi) is 3.38.